The van der Waals surface area contributed by atoms with Gasteiger partial charge in [-0.1, -0.05) is 24.3 Å². The van der Waals surface area contributed by atoms with E-state index in [1.54, 1.807) is 42.5 Å². The van der Waals surface area contributed by atoms with Gasteiger partial charge in [0, 0.05) is 19.2 Å². The molecule has 27 heavy (non-hydrogen) atoms. The number of amides is 1. The Kier molecular flexibility index (Phi) is 5.91. The molecule has 1 heterocycles. The van der Waals surface area contributed by atoms with E-state index in [1.165, 1.54) is 22.5 Å². The summed E-state index contributed by atoms with van der Waals surface area (Å²) in [5.74, 6) is -0.311. The number of nitrogens with one attached hydrogen (secondary N) is 1. The van der Waals surface area contributed by atoms with Gasteiger partial charge in [-0.05, 0) is 54.3 Å². The Bertz CT molecular complexity index is 923. The third kappa shape index (κ3) is 5.17. The topological polar surface area (TPSA) is 66.5 Å². The van der Waals surface area contributed by atoms with Gasteiger partial charge in [-0.15, -0.1) is 0 Å². The minimum Gasteiger partial charge on any atom is -0.352 e. The molecule has 5 nitrogen and oxygen atoms in total. The quantitative estimate of drug-likeness (QED) is 0.774. The zero-order valence-electron chi connectivity index (χ0n) is 14.8. The summed E-state index contributed by atoms with van der Waals surface area (Å²) < 4.78 is 38.1. The van der Waals surface area contributed by atoms with Crippen LogP contribution in [0.5, 0.6) is 0 Å². The molecule has 0 saturated carbocycles. The summed E-state index contributed by atoms with van der Waals surface area (Å²) in [4.78, 5) is 11.9. The van der Waals surface area contributed by atoms with Crippen molar-refractivity contribution in [3.8, 4) is 0 Å². The highest BCUT2D eigenvalue weighted by Gasteiger charge is 2.28. The monoisotopic (exact) mass is 388 g/mol. The van der Waals surface area contributed by atoms with E-state index in [-0.39, 0.29) is 17.5 Å². The number of benzene rings is 2. The molecule has 0 spiro atoms. The minimum atomic E-state index is -3.18. The number of nitrogens with zero attached hydrogens (tertiary/aromatic N) is 1. The Hall–Kier alpha value is -2.67. The molecule has 0 atom stereocenters. The second-order valence-electron chi connectivity index (χ2n) is 6.33. The molecule has 0 aromatic heterocycles. The number of carbonyl (C=O) groups excluding carboxylic acids is 1. The third-order valence-corrected chi connectivity index (χ3v) is 6.20. The van der Waals surface area contributed by atoms with Crippen molar-refractivity contribution >= 4 is 27.7 Å². The molecule has 1 saturated heterocycles. The first kappa shape index (κ1) is 19.1. The molecule has 0 bridgehead atoms. The zero-order valence-corrected chi connectivity index (χ0v) is 15.6. The molecule has 1 fully saturated rings. The van der Waals surface area contributed by atoms with Gasteiger partial charge in [-0.25, -0.2) is 12.8 Å². The molecule has 3 rings (SSSR count). The number of halogens is 1. The molecule has 1 N–H and O–H groups in total. The van der Waals surface area contributed by atoms with Crippen molar-refractivity contribution in [3.63, 3.8) is 0 Å². The lowest BCUT2D eigenvalue weighted by atomic mass is 10.1. The van der Waals surface area contributed by atoms with Crippen LogP contribution in [0, 0.1) is 5.82 Å². The fraction of sp³-hybridized carbons (Fsp3) is 0.250. The van der Waals surface area contributed by atoms with Crippen LogP contribution >= 0.6 is 0 Å². The van der Waals surface area contributed by atoms with Gasteiger partial charge in [0.25, 0.3) is 0 Å². The number of hydrogen-bond donors (Lipinski definition) is 1. The standard InChI is InChI=1S/C20H21FN2O3S/c21-18-7-2-17(3-8-18)12-13-22-20(24)11-6-16-4-9-19(10-5-16)23-14-1-15-27(23,25)26/h2-11H,1,12-15H2,(H,22,24)/b11-6+. The average Bonchev–Trinajstić information content (AvgIpc) is 3.01. The van der Waals surface area contributed by atoms with E-state index >= 15 is 0 Å². The maximum atomic E-state index is 12.8. The highest BCUT2D eigenvalue weighted by atomic mass is 32.2. The van der Waals surface area contributed by atoms with Crippen LogP contribution in [-0.4, -0.2) is 33.2 Å². The first-order chi connectivity index (χ1) is 12.9. The summed E-state index contributed by atoms with van der Waals surface area (Å²) in [6, 6.07) is 13.2. The van der Waals surface area contributed by atoms with Gasteiger partial charge in [-0.2, -0.15) is 0 Å². The first-order valence-corrected chi connectivity index (χ1v) is 10.4. The average molecular weight is 388 g/mol. The molecule has 0 unspecified atom stereocenters. The van der Waals surface area contributed by atoms with Crippen LogP contribution in [0.2, 0.25) is 0 Å². The number of rotatable bonds is 6. The normalized spacial score (nSPS) is 16.0. The predicted octanol–water partition coefficient (Wildman–Crippen LogP) is 2.74. The summed E-state index contributed by atoms with van der Waals surface area (Å²) >= 11 is 0. The Balaban J connectivity index is 1.50. The van der Waals surface area contributed by atoms with E-state index in [2.05, 4.69) is 5.32 Å². The maximum absolute atomic E-state index is 12.8. The lowest BCUT2D eigenvalue weighted by Crippen LogP contribution is -2.24. The molecule has 0 radical (unpaired) electrons. The fourth-order valence-electron chi connectivity index (χ4n) is 2.89. The van der Waals surface area contributed by atoms with E-state index in [9.17, 15) is 17.6 Å². The Morgan fingerprint density at radius 1 is 1.11 bits per heavy atom. The van der Waals surface area contributed by atoms with Crippen molar-refractivity contribution in [2.24, 2.45) is 0 Å². The molecule has 0 aliphatic carbocycles. The van der Waals surface area contributed by atoms with Crippen LogP contribution in [0.15, 0.2) is 54.6 Å². The van der Waals surface area contributed by atoms with Crippen LogP contribution < -0.4 is 9.62 Å². The van der Waals surface area contributed by atoms with Crippen molar-refractivity contribution in [2.75, 3.05) is 23.1 Å². The largest absolute Gasteiger partial charge is 0.352 e. The summed E-state index contributed by atoms with van der Waals surface area (Å²) in [6.45, 7) is 0.967. The number of hydrogen-bond acceptors (Lipinski definition) is 3. The molecular weight excluding hydrogens is 367 g/mol. The number of anilines is 1. The van der Waals surface area contributed by atoms with E-state index in [0.29, 0.717) is 31.6 Å². The molecule has 2 aromatic carbocycles. The molecule has 2 aromatic rings. The number of sulfonamides is 1. The molecule has 1 aliphatic rings. The van der Waals surface area contributed by atoms with Gasteiger partial charge >= 0.3 is 0 Å². The van der Waals surface area contributed by atoms with E-state index in [0.717, 1.165) is 11.1 Å². The molecule has 142 valence electrons. The lowest BCUT2D eigenvalue weighted by molar-refractivity contribution is -0.116. The van der Waals surface area contributed by atoms with Gasteiger partial charge in [-0.3, -0.25) is 9.10 Å². The van der Waals surface area contributed by atoms with Crippen molar-refractivity contribution in [1.29, 1.82) is 0 Å². The molecule has 7 heteroatoms. The summed E-state index contributed by atoms with van der Waals surface area (Å²) in [5.41, 5.74) is 2.41. The molecular formula is C20H21FN2O3S. The van der Waals surface area contributed by atoms with Gasteiger partial charge in [0.05, 0.1) is 11.4 Å². The van der Waals surface area contributed by atoms with Crippen molar-refractivity contribution in [1.82, 2.24) is 5.32 Å². The third-order valence-electron chi connectivity index (χ3n) is 4.33. The van der Waals surface area contributed by atoms with Crippen molar-refractivity contribution < 1.29 is 17.6 Å². The summed E-state index contributed by atoms with van der Waals surface area (Å²) in [6.07, 6.45) is 4.38. The fourth-order valence-corrected chi connectivity index (χ4v) is 4.46. The minimum absolute atomic E-state index is 0.187. The predicted molar refractivity (Wildman–Crippen MR) is 104 cm³/mol. The zero-order chi connectivity index (χ0) is 19.3. The lowest BCUT2D eigenvalue weighted by Gasteiger charge is -2.16. The van der Waals surface area contributed by atoms with Crippen molar-refractivity contribution in [3.05, 3.63) is 71.6 Å². The van der Waals surface area contributed by atoms with Gasteiger partial charge < -0.3 is 5.32 Å². The summed E-state index contributed by atoms with van der Waals surface area (Å²) in [7, 11) is -3.18. The molecule has 1 aliphatic heterocycles. The highest BCUT2D eigenvalue weighted by Crippen LogP contribution is 2.24. The first-order valence-electron chi connectivity index (χ1n) is 8.75. The smallest absolute Gasteiger partial charge is 0.244 e. The van der Waals surface area contributed by atoms with E-state index in [4.69, 9.17) is 0 Å². The second-order valence-corrected chi connectivity index (χ2v) is 8.35. The van der Waals surface area contributed by atoms with Gasteiger partial charge in [0.1, 0.15) is 5.82 Å². The van der Waals surface area contributed by atoms with Gasteiger partial charge in [0.15, 0.2) is 0 Å². The SMILES string of the molecule is O=C(/C=C/c1ccc(N2CCCS2(=O)=O)cc1)NCCc1ccc(F)cc1. The second kappa shape index (κ2) is 8.35. The van der Waals surface area contributed by atoms with E-state index in [1.807, 2.05) is 0 Å². The number of carbonyl (C=O) groups is 1. The van der Waals surface area contributed by atoms with Crippen LogP contribution in [-0.2, 0) is 21.2 Å². The van der Waals surface area contributed by atoms with Crippen LogP contribution in [0.4, 0.5) is 10.1 Å². The Labute approximate surface area is 158 Å². The van der Waals surface area contributed by atoms with Crippen LogP contribution in [0.1, 0.15) is 17.5 Å². The molecule has 1 amide bonds. The Morgan fingerprint density at radius 3 is 2.44 bits per heavy atom. The van der Waals surface area contributed by atoms with E-state index < -0.39 is 10.0 Å². The highest BCUT2D eigenvalue weighted by molar-refractivity contribution is 7.93. The maximum Gasteiger partial charge on any atom is 0.244 e. The van der Waals surface area contributed by atoms with Crippen LogP contribution in [0.3, 0.4) is 0 Å². The van der Waals surface area contributed by atoms with Crippen LogP contribution in [0.25, 0.3) is 6.08 Å². The van der Waals surface area contributed by atoms with Crippen molar-refractivity contribution in [2.45, 2.75) is 12.8 Å². The summed E-state index contributed by atoms with van der Waals surface area (Å²) in [5, 5.41) is 2.78. The van der Waals surface area contributed by atoms with Gasteiger partial charge in [0.2, 0.25) is 15.9 Å². The Morgan fingerprint density at radius 2 is 1.81 bits per heavy atom.